The van der Waals surface area contributed by atoms with Gasteiger partial charge in [-0.3, -0.25) is 0 Å². The lowest BCUT2D eigenvalue weighted by Crippen LogP contribution is -2.05. The predicted molar refractivity (Wildman–Crippen MR) is 92.6 cm³/mol. The number of hydrogen-bond donors (Lipinski definition) is 2. The van der Waals surface area contributed by atoms with E-state index in [1.807, 2.05) is 0 Å². The fourth-order valence-electron chi connectivity index (χ4n) is 2.95. The van der Waals surface area contributed by atoms with Gasteiger partial charge in [-0.05, 0) is 25.7 Å². The Labute approximate surface area is 133 Å². The van der Waals surface area contributed by atoms with Gasteiger partial charge in [0, 0.05) is 0 Å². The lowest BCUT2D eigenvalue weighted by atomic mass is 10.0. The highest BCUT2D eigenvalue weighted by Gasteiger charge is 2.02. The van der Waals surface area contributed by atoms with Crippen molar-refractivity contribution >= 4 is 0 Å². The third-order valence-corrected chi connectivity index (χ3v) is 4.32. The Kier molecular flexibility index (Phi) is 16.2. The van der Waals surface area contributed by atoms with Crippen LogP contribution in [0.15, 0.2) is 0 Å². The number of hydrogen-bond acceptors (Lipinski definition) is 2. The molecule has 0 saturated heterocycles. The number of rotatable bonds is 16. The van der Waals surface area contributed by atoms with Gasteiger partial charge in [0.15, 0.2) is 0 Å². The highest BCUT2D eigenvalue weighted by atomic mass is 16.3. The minimum atomic E-state index is -0.0574. The van der Waals surface area contributed by atoms with E-state index in [0.717, 1.165) is 38.5 Å². The molecule has 0 rings (SSSR count). The minimum Gasteiger partial charge on any atom is -0.393 e. The number of unbranched alkanes of at least 4 members (excludes halogenated alkanes) is 8. The summed E-state index contributed by atoms with van der Waals surface area (Å²) in [6, 6.07) is 0. The molecule has 0 aromatic rings. The zero-order chi connectivity index (χ0) is 15.8. The molecule has 0 aromatic heterocycles. The average Bonchev–Trinajstić information content (AvgIpc) is 2.45. The first-order valence-electron chi connectivity index (χ1n) is 9.56. The van der Waals surface area contributed by atoms with E-state index in [0.29, 0.717) is 0 Å². The smallest absolute Gasteiger partial charge is 0.0540 e. The van der Waals surface area contributed by atoms with Gasteiger partial charge >= 0.3 is 0 Å². The third kappa shape index (κ3) is 16.1. The maximum absolute atomic E-state index is 9.63. The van der Waals surface area contributed by atoms with Crippen molar-refractivity contribution in [2.45, 2.75) is 122 Å². The third-order valence-electron chi connectivity index (χ3n) is 4.32. The van der Waals surface area contributed by atoms with Crippen molar-refractivity contribution in [3.63, 3.8) is 0 Å². The maximum Gasteiger partial charge on any atom is 0.0540 e. The highest BCUT2D eigenvalue weighted by Crippen LogP contribution is 2.14. The summed E-state index contributed by atoms with van der Waals surface area (Å²) < 4.78 is 0. The molecule has 0 fully saturated rings. The van der Waals surface area contributed by atoms with Crippen molar-refractivity contribution < 1.29 is 10.2 Å². The average molecular weight is 301 g/mol. The second-order valence-electron chi connectivity index (χ2n) is 6.64. The fraction of sp³-hybridized carbons (Fsp3) is 1.00. The van der Waals surface area contributed by atoms with Crippen LogP contribution in [0.4, 0.5) is 0 Å². The molecule has 0 aromatic carbocycles. The van der Waals surface area contributed by atoms with Crippen LogP contribution in [0.2, 0.25) is 0 Å². The molecule has 0 aliphatic rings. The molecule has 0 heterocycles. The molecule has 0 radical (unpaired) electrons. The van der Waals surface area contributed by atoms with E-state index in [1.54, 1.807) is 0 Å². The lowest BCUT2D eigenvalue weighted by molar-refractivity contribution is 0.150. The van der Waals surface area contributed by atoms with Crippen molar-refractivity contribution in [2.24, 2.45) is 0 Å². The van der Waals surface area contributed by atoms with Crippen LogP contribution in [0.5, 0.6) is 0 Å². The monoisotopic (exact) mass is 300 g/mol. The molecule has 0 aliphatic carbocycles. The Morgan fingerprint density at radius 3 is 1.05 bits per heavy atom. The van der Waals surface area contributed by atoms with Crippen LogP contribution < -0.4 is 0 Å². The van der Waals surface area contributed by atoms with Crippen LogP contribution in [-0.2, 0) is 0 Å². The molecule has 0 amide bonds. The molecule has 0 bridgehead atoms. The van der Waals surface area contributed by atoms with Gasteiger partial charge in [-0.25, -0.2) is 0 Å². The molecule has 2 atom stereocenters. The van der Waals surface area contributed by atoms with Crippen molar-refractivity contribution in [1.29, 1.82) is 0 Å². The van der Waals surface area contributed by atoms with E-state index < -0.39 is 0 Å². The fourth-order valence-corrected chi connectivity index (χ4v) is 2.95. The van der Waals surface area contributed by atoms with Gasteiger partial charge < -0.3 is 10.2 Å². The molecule has 128 valence electrons. The SMILES string of the molecule is CCC[C@@H](O)CCCCCCCCCCC[C@H](O)CCC. The topological polar surface area (TPSA) is 40.5 Å². The first kappa shape index (κ1) is 20.9. The number of aliphatic hydroxyl groups excluding tert-OH is 2. The molecule has 2 heteroatoms. The van der Waals surface area contributed by atoms with Crippen LogP contribution in [0.1, 0.15) is 110 Å². The molecule has 0 unspecified atom stereocenters. The quantitative estimate of drug-likeness (QED) is 0.364. The van der Waals surface area contributed by atoms with Gasteiger partial charge in [0.05, 0.1) is 12.2 Å². The second kappa shape index (κ2) is 16.3. The van der Waals surface area contributed by atoms with Gasteiger partial charge in [0.2, 0.25) is 0 Å². The van der Waals surface area contributed by atoms with Gasteiger partial charge in [0.1, 0.15) is 0 Å². The van der Waals surface area contributed by atoms with Crippen LogP contribution in [-0.4, -0.2) is 22.4 Å². The molecule has 0 spiro atoms. The van der Waals surface area contributed by atoms with Gasteiger partial charge in [-0.2, -0.15) is 0 Å². The lowest BCUT2D eigenvalue weighted by Gasteiger charge is -2.09. The molecule has 2 nitrogen and oxygen atoms in total. The van der Waals surface area contributed by atoms with E-state index in [1.165, 1.54) is 57.8 Å². The standard InChI is InChI=1S/C19H40O2/c1-3-14-18(20)16-12-10-8-6-5-7-9-11-13-17-19(21)15-4-2/h18-21H,3-17H2,1-2H3/t18-,19-/m1/s1. The Bertz CT molecular complexity index is 174. The van der Waals surface area contributed by atoms with Crippen molar-refractivity contribution in [3.05, 3.63) is 0 Å². The molecular weight excluding hydrogens is 260 g/mol. The van der Waals surface area contributed by atoms with Gasteiger partial charge in [-0.15, -0.1) is 0 Å². The largest absolute Gasteiger partial charge is 0.393 e. The Balaban J connectivity index is 3.09. The van der Waals surface area contributed by atoms with Crippen LogP contribution in [0.25, 0.3) is 0 Å². The highest BCUT2D eigenvalue weighted by molar-refractivity contribution is 4.56. The van der Waals surface area contributed by atoms with E-state index in [4.69, 9.17) is 0 Å². The van der Waals surface area contributed by atoms with Crippen molar-refractivity contribution in [2.75, 3.05) is 0 Å². The summed E-state index contributed by atoms with van der Waals surface area (Å²) >= 11 is 0. The molecular formula is C19H40O2. The van der Waals surface area contributed by atoms with Gasteiger partial charge in [0.25, 0.3) is 0 Å². The molecule has 2 N–H and O–H groups in total. The molecule has 21 heavy (non-hydrogen) atoms. The van der Waals surface area contributed by atoms with E-state index in [2.05, 4.69) is 13.8 Å². The Morgan fingerprint density at radius 1 is 0.476 bits per heavy atom. The summed E-state index contributed by atoms with van der Waals surface area (Å²) in [4.78, 5) is 0. The van der Waals surface area contributed by atoms with Crippen molar-refractivity contribution in [1.82, 2.24) is 0 Å². The minimum absolute atomic E-state index is 0.0574. The summed E-state index contributed by atoms with van der Waals surface area (Å²) in [5, 5.41) is 19.3. The zero-order valence-electron chi connectivity index (χ0n) is 14.7. The summed E-state index contributed by atoms with van der Waals surface area (Å²) in [6.45, 7) is 4.27. The van der Waals surface area contributed by atoms with Crippen LogP contribution in [0.3, 0.4) is 0 Å². The van der Waals surface area contributed by atoms with E-state index in [9.17, 15) is 10.2 Å². The normalized spacial score (nSPS) is 14.3. The van der Waals surface area contributed by atoms with Crippen LogP contribution >= 0.6 is 0 Å². The molecule has 0 aliphatic heterocycles. The predicted octanol–water partition coefficient (Wildman–Crippen LogP) is 5.60. The zero-order valence-corrected chi connectivity index (χ0v) is 14.7. The summed E-state index contributed by atoms with van der Waals surface area (Å²) in [6.07, 6.45) is 17.6. The van der Waals surface area contributed by atoms with Crippen molar-refractivity contribution in [3.8, 4) is 0 Å². The van der Waals surface area contributed by atoms with E-state index in [-0.39, 0.29) is 12.2 Å². The Morgan fingerprint density at radius 2 is 0.762 bits per heavy atom. The van der Waals surface area contributed by atoms with Crippen LogP contribution in [0, 0.1) is 0 Å². The molecule has 0 saturated carbocycles. The maximum atomic E-state index is 9.63. The summed E-state index contributed by atoms with van der Waals surface area (Å²) in [5.74, 6) is 0. The number of aliphatic hydroxyl groups is 2. The van der Waals surface area contributed by atoms with E-state index >= 15 is 0 Å². The summed E-state index contributed by atoms with van der Waals surface area (Å²) in [7, 11) is 0. The Hall–Kier alpha value is -0.0800. The first-order valence-corrected chi connectivity index (χ1v) is 9.56. The summed E-state index contributed by atoms with van der Waals surface area (Å²) in [5.41, 5.74) is 0. The van der Waals surface area contributed by atoms with Gasteiger partial charge in [-0.1, -0.05) is 84.5 Å². The second-order valence-corrected chi connectivity index (χ2v) is 6.64. The first-order chi connectivity index (χ1) is 10.2.